The summed E-state index contributed by atoms with van der Waals surface area (Å²) in [7, 11) is 0. The minimum atomic E-state index is -0.229. The number of rotatable bonds is 1. The molecule has 1 aliphatic rings. The van der Waals surface area contributed by atoms with Crippen molar-refractivity contribution in [2.45, 2.75) is 31.2 Å². The number of hydrogen-bond donors (Lipinski definition) is 0. The van der Waals surface area contributed by atoms with Gasteiger partial charge < -0.3 is 4.74 Å². The lowest BCUT2D eigenvalue weighted by Gasteiger charge is -2.18. The fourth-order valence-electron chi connectivity index (χ4n) is 1.07. The summed E-state index contributed by atoms with van der Waals surface area (Å²) in [4.78, 5) is 10.5. The zero-order valence-corrected chi connectivity index (χ0v) is 7.17. The maximum absolute atomic E-state index is 10.5. The van der Waals surface area contributed by atoms with E-state index in [-0.39, 0.29) is 17.5 Å². The fourth-order valence-corrected chi connectivity index (χ4v) is 1.28. The normalized spacial score (nSPS) is 30.0. The van der Waals surface area contributed by atoms with Crippen molar-refractivity contribution in [1.29, 1.82) is 0 Å². The summed E-state index contributed by atoms with van der Waals surface area (Å²) in [6.45, 7) is 1.42. The molecule has 0 saturated carbocycles. The van der Waals surface area contributed by atoms with Crippen LogP contribution in [0.15, 0.2) is 12.2 Å². The third-order valence-corrected chi connectivity index (χ3v) is 1.94. The molecule has 0 amide bonds. The summed E-state index contributed by atoms with van der Waals surface area (Å²) in [6.07, 6.45) is 5.39. The number of esters is 1. The topological polar surface area (TPSA) is 26.3 Å². The molecule has 2 nitrogen and oxygen atoms in total. The number of allylic oxidation sites excluding steroid dienone is 1. The van der Waals surface area contributed by atoms with Crippen molar-refractivity contribution < 1.29 is 9.53 Å². The third-order valence-electron chi connectivity index (χ3n) is 1.58. The van der Waals surface area contributed by atoms with Crippen molar-refractivity contribution >= 4 is 17.6 Å². The molecular weight excluding hydrogens is 164 g/mol. The Morgan fingerprint density at radius 2 is 2.27 bits per heavy atom. The molecule has 0 radical (unpaired) electrons. The van der Waals surface area contributed by atoms with Crippen LogP contribution in [0.1, 0.15) is 19.8 Å². The van der Waals surface area contributed by atoms with Gasteiger partial charge in [0.25, 0.3) is 0 Å². The molecular formula is C8H11ClO2. The molecule has 0 unspecified atom stereocenters. The highest BCUT2D eigenvalue weighted by molar-refractivity contribution is 6.21. The Balaban J connectivity index is 2.38. The number of alkyl halides is 1. The summed E-state index contributed by atoms with van der Waals surface area (Å²) in [5, 5.41) is 0.113. The van der Waals surface area contributed by atoms with E-state index < -0.39 is 0 Å². The van der Waals surface area contributed by atoms with E-state index in [1.807, 2.05) is 12.2 Å². The standard InChI is InChI=1S/C8H11ClO2/c1-6(10)11-8-4-2-7(9)3-5-8/h2,4,7-8H,3,5H2,1H3/t7-,8-/m1/s1. The molecule has 0 aromatic rings. The van der Waals surface area contributed by atoms with Gasteiger partial charge in [0.2, 0.25) is 0 Å². The van der Waals surface area contributed by atoms with Crippen molar-refractivity contribution in [3.8, 4) is 0 Å². The van der Waals surface area contributed by atoms with Crippen LogP contribution in [-0.4, -0.2) is 17.5 Å². The number of ether oxygens (including phenoxy) is 1. The van der Waals surface area contributed by atoms with Crippen LogP contribution < -0.4 is 0 Å². The zero-order valence-electron chi connectivity index (χ0n) is 6.42. The highest BCUT2D eigenvalue weighted by Crippen LogP contribution is 2.18. The second kappa shape index (κ2) is 3.77. The van der Waals surface area contributed by atoms with E-state index in [9.17, 15) is 4.79 Å². The SMILES string of the molecule is CC(=O)O[C@@H]1C=C[C@@H](Cl)CC1. The molecule has 1 rings (SSSR count). The molecule has 2 atom stereocenters. The molecule has 11 heavy (non-hydrogen) atoms. The number of halogens is 1. The molecule has 0 aromatic heterocycles. The lowest BCUT2D eigenvalue weighted by molar-refractivity contribution is -0.144. The Morgan fingerprint density at radius 1 is 1.55 bits per heavy atom. The second-order valence-corrected chi connectivity index (χ2v) is 3.19. The van der Waals surface area contributed by atoms with E-state index in [2.05, 4.69) is 0 Å². The van der Waals surface area contributed by atoms with Gasteiger partial charge in [-0.3, -0.25) is 4.79 Å². The van der Waals surface area contributed by atoms with Crippen molar-refractivity contribution in [3.63, 3.8) is 0 Å². The molecule has 3 heteroatoms. The average Bonchev–Trinajstić information content (AvgIpc) is 1.93. The molecule has 1 aliphatic carbocycles. The molecule has 0 spiro atoms. The third kappa shape index (κ3) is 2.93. The van der Waals surface area contributed by atoms with Crippen LogP contribution in [0, 0.1) is 0 Å². The molecule has 0 saturated heterocycles. The average molecular weight is 175 g/mol. The Hall–Kier alpha value is -0.500. The first kappa shape index (κ1) is 8.60. The predicted octanol–water partition coefficient (Wildman–Crippen LogP) is 1.88. The first-order chi connectivity index (χ1) is 5.18. The minimum Gasteiger partial charge on any atom is -0.458 e. The van der Waals surface area contributed by atoms with E-state index >= 15 is 0 Å². The van der Waals surface area contributed by atoms with Crippen molar-refractivity contribution in [3.05, 3.63) is 12.2 Å². The maximum Gasteiger partial charge on any atom is 0.303 e. The van der Waals surface area contributed by atoms with Gasteiger partial charge in [0.1, 0.15) is 6.10 Å². The predicted molar refractivity (Wildman–Crippen MR) is 43.6 cm³/mol. The number of carbonyl (C=O) groups is 1. The fraction of sp³-hybridized carbons (Fsp3) is 0.625. The van der Waals surface area contributed by atoms with Gasteiger partial charge in [-0.05, 0) is 18.9 Å². The number of hydrogen-bond acceptors (Lipinski definition) is 2. The lowest BCUT2D eigenvalue weighted by atomic mass is 10.1. The summed E-state index contributed by atoms with van der Waals surface area (Å²) in [5.41, 5.74) is 0. The van der Waals surface area contributed by atoms with Crippen LogP contribution in [0.25, 0.3) is 0 Å². The summed E-state index contributed by atoms with van der Waals surface area (Å²) in [6, 6.07) is 0. The van der Waals surface area contributed by atoms with Crippen molar-refractivity contribution in [1.82, 2.24) is 0 Å². The van der Waals surface area contributed by atoms with Crippen LogP contribution in [-0.2, 0) is 9.53 Å². The van der Waals surface area contributed by atoms with Crippen LogP contribution in [0.5, 0.6) is 0 Å². The summed E-state index contributed by atoms with van der Waals surface area (Å²) in [5.74, 6) is -0.229. The lowest BCUT2D eigenvalue weighted by Crippen LogP contribution is -2.18. The Labute approximate surface area is 71.2 Å². The Kier molecular flexibility index (Phi) is 2.94. The van der Waals surface area contributed by atoms with E-state index in [1.54, 1.807) is 0 Å². The first-order valence-corrected chi connectivity index (χ1v) is 4.12. The smallest absolute Gasteiger partial charge is 0.303 e. The molecule has 0 aromatic carbocycles. The summed E-state index contributed by atoms with van der Waals surface area (Å²) < 4.78 is 4.96. The van der Waals surface area contributed by atoms with Crippen molar-refractivity contribution in [2.75, 3.05) is 0 Å². The molecule has 0 heterocycles. The van der Waals surface area contributed by atoms with E-state index in [4.69, 9.17) is 16.3 Å². The van der Waals surface area contributed by atoms with Gasteiger partial charge in [0, 0.05) is 6.92 Å². The van der Waals surface area contributed by atoms with Crippen LogP contribution in [0.3, 0.4) is 0 Å². The Bertz CT molecular complexity index is 177. The van der Waals surface area contributed by atoms with Crippen LogP contribution >= 0.6 is 11.6 Å². The molecule has 0 aliphatic heterocycles. The van der Waals surface area contributed by atoms with Gasteiger partial charge in [-0.2, -0.15) is 0 Å². The van der Waals surface area contributed by atoms with E-state index in [0.29, 0.717) is 0 Å². The van der Waals surface area contributed by atoms with E-state index in [1.165, 1.54) is 6.92 Å². The maximum atomic E-state index is 10.5. The zero-order chi connectivity index (χ0) is 8.27. The molecule has 0 N–H and O–H groups in total. The monoisotopic (exact) mass is 174 g/mol. The van der Waals surface area contributed by atoms with Gasteiger partial charge in [-0.15, -0.1) is 11.6 Å². The van der Waals surface area contributed by atoms with Crippen LogP contribution in [0.4, 0.5) is 0 Å². The van der Waals surface area contributed by atoms with Gasteiger partial charge in [0.15, 0.2) is 0 Å². The quantitative estimate of drug-likeness (QED) is 0.345. The highest BCUT2D eigenvalue weighted by atomic mass is 35.5. The Morgan fingerprint density at radius 3 is 2.73 bits per heavy atom. The van der Waals surface area contributed by atoms with Gasteiger partial charge in [-0.1, -0.05) is 6.08 Å². The van der Waals surface area contributed by atoms with Crippen LogP contribution in [0.2, 0.25) is 0 Å². The van der Waals surface area contributed by atoms with Crippen molar-refractivity contribution in [2.24, 2.45) is 0 Å². The molecule has 62 valence electrons. The van der Waals surface area contributed by atoms with Gasteiger partial charge in [-0.25, -0.2) is 0 Å². The largest absolute Gasteiger partial charge is 0.458 e. The molecule has 0 fully saturated rings. The first-order valence-electron chi connectivity index (χ1n) is 3.68. The minimum absolute atomic E-state index is 0.0532. The van der Waals surface area contributed by atoms with E-state index in [0.717, 1.165) is 12.8 Å². The van der Waals surface area contributed by atoms with Gasteiger partial charge in [0.05, 0.1) is 5.38 Å². The van der Waals surface area contributed by atoms with Gasteiger partial charge >= 0.3 is 5.97 Å². The second-order valence-electron chi connectivity index (χ2n) is 2.63. The number of carbonyl (C=O) groups excluding carboxylic acids is 1. The summed E-state index contributed by atoms with van der Waals surface area (Å²) >= 11 is 5.79. The molecule has 0 bridgehead atoms. The highest BCUT2D eigenvalue weighted by Gasteiger charge is 2.15.